The predicted molar refractivity (Wildman–Crippen MR) is 103 cm³/mol. The molecule has 0 aliphatic heterocycles. The molecule has 0 fully saturated rings. The third-order valence-corrected chi connectivity index (χ3v) is 5.20. The minimum Gasteiger partial charge on any atom is -0.0622 e. The van der Waals surface area contributed by atoms with Crippen LogP contribution < -0.4 is 0 Å². The molecule has 3 rings (SSSR count). The summed E-state index contributed by atoms with van der Waals surface area (Å²) >= 11 is 0. The van der Waals surface area contributed by atoms with Crippen molar-refractivity contribution in [1.29, 1.82) is 0 Å². The van der Waals surface area contributed by atoms with E-state index in [0.717, 1.165) is 6.42 Å². The largest absolute Gasteiger partial charge is 0.0622 e. The first-order valence-corrected chi connectivity index (χ1v) is 8.61. The van der Waals surface area contributed by atoms with E-state index in [9.17, 15) is 0 Å². The highest BCUT2D eigenvalue weighted by Gasteiger charge is 2.25. The van der Waals surface area contributed by atoms with Gasteiger partial charge in [-0.2, -0.15) is 0 Å². The average Bonchev–Trinajstić information content (AvgIpc) is 2.60. The van der Waals surface area contributed by atoms with E-state index in [4.69, 9.17) is 0 Å². The van der Waals surface area contributed by atoms with Crippen molar-refractivity contribution in [3.8, 4) is 0 Å². The molecule has 0 heteroatoms. The third kappa shape index (κ3) is 3.14. The summed E-state index contributed by atoms with van der Waals surface area (Å²) in [4.78, 5) is 0. The fourth-order valence-electron chi connectivity index (χ4n) is 3.45. The lowest BCUT2D eigenvalue weighted by Gasteiger charge is -2.29. The van der Waals surface area contributed by atoms with E-state index < -0.39 is 0 Å². The summed E-state index contributed by atoms with van der Waals surface area (Å²) in [6.07, 6.45) is 0.944. The van der Waals surface area contributed by atoms with Gasteiger partial charge in [-0.1, -0.05) is 74.5 Å². The molecule has 3 aromatic carbocycles. The topological polar surface area (TPSA) is 0 Å². The summed E-state index contributed by atoms with van der Waals surface area (Å²) in [5.41, 5.74) is 8.07. The maximum atomic E-state index is 3.57. The molecule has 121 valence electrons. The van der Waals surface area contributed by atoms with Gasteiger partial charge in [0.05, 0.1) is 0 Å². The molecule has 0 nitrogen and oxygen atoms in total. The van der Waals surface area contributed by atoms with Crippen LogP contribution in [0, 0.1) is 19.9 Å². The van der Waals surface area contributed by atoms with Gasteiger partial charge in [0.1, 0.15) is 0 Å². The standard InChI is InChI=1S/C24H25/c1-18-19(2)23(24(3,4)22-13-9-6-10-14-22)16-15-21(18)17-20-11-7-5-8-12-20/h5-14,16H,17H2,1-4H3. The zero-order valence-corrected chi connectivity index (χ0v) is 15.1. The SMILES string of the molecule is Cc1c(Cc2ccccc2)[c]cc(C(C)(C)c2ccccc2)c1C. The molecular formula is C24H25. The predicted octanol–water partition coefficient (Wildman–Crippen LogP) is 6.02. The Bertz CT molecular complexity index is 811. The van der Waals surface area contributed by atoms with Crippen LogP contribution in [-0.4, -0.2) is 0 Å². The molecule has 0 saturated carbocycles. The molecule has 0 saturated heterocycles. The Morgan fingerprint density at radius 3 is 2.00 bits per heavy atom. The van der Waals surface area contributed by atoms with Crippen molar-refractivity contribution < 1.29 is 0 Å². The van der Waals surface area contributed by atoms with Crippen molar-refractivity contribution in [3.63, 3.8) is 0 Å². The maximum absolute atomic E-state index is 3.57. The number of hydrogen-bond donors (Lipinski definition) is 0. The van der Waals surface area contributed by atoms with Crippen LogP contribution in [0.25, 0.3) is 0 Å². The second-order valence-electron chi connectivity index (χ2n) is 7.08. The minimum absolute atomic E-state index is 0.0160. The molecule has 0 heterocycles. The summed E-state index contributed by atoms with van der Waals surface area (Å²) < 4.78 is 0. The van der Waals surface area contributed by atoms with E-state index in [0.29, 0.717) is 0 Å². The molecule has 0 amide bonds. The zero-order valence-electron chi connectivity index (χ0n) is 15.1. The molecule has 0 aliphatic rings. The monoisotopic (exact) mass is 313 g/mol. The summed E-state index contributed by atoms with van der Waals surface area (Å²) in [5, 5.41) is 0. The van der Waals surface area contributed by atoms with Crippen molar-refractivity contribution in [2.24, 2.45) is 0 Å². The van der Waals surface area contributed by atoms with Gasteiger partial charge in [0.15, 0.2) is 0 Å². The van der Waals surface area contributed by atoms with Crippen molar-refractivity contribution in [2.75, 3.05) is 0 Å². The molecule has 3 aromatic rings. The van der Waals surface area contributed by atoms with Crippen LogP contribution in [-0.2, 0) is 11.8 Å². The summed E-state index contributed by atoms with van der Waals surface area (Å²) in [7, 11) is 0. The van der Waals surface area contributed by atoms with Crippen LogP contribution in [0.3, 0.4) is 0 Å². The first kappa shape index (κ1) is 16.5. The van der Waals surface area contributed by atoms with Gasteiger partial charge in [-0.05, 0) is 65.8 Å². The van der Waals surface area contributed by atoms with Crippen LogP contribution in [0.2, 0.25) is 0 Å². The molecule has 0 aliphatic carbocycles. The molecular weight excluding hydrogens is 288 g/mol. The lowest BCUT2D eigenvalue weighted by Crippen LogP contribution is -2.21. The van der Waals surface area contributed by atoms with Crippen molar-refractivity contribution in [2.45, 2.75) is 39.5 Å². The second-order valence-corrected chi connectivity index (χ2v) is 7.08. The number of hydrogen-bond acceptors (Lipinski definition) is 0. The number of benzene rings is 3. The van der Waals surface area contributed by atoms with Gasteiger partial charge in [-0.3, -0.25) is 0 Å². The van der Waals surface area contributed by atoms with Gasteiger partial charge in [-0.15, -0.1) is 0 Å². The lowest BCUT2D eigenvalue weighted by atomic mass is 9.75. The van der Waals surface area contributed by atoms with Gasteiger partial charge in [0.2, 0.25) is 0 Å². The quantitative estimate of drug-likeness (QED) is 0.552. The Morgan fingerprint density at radius 2 is 1.38 bits per heavy atom. The van der Waals surface area contributed by atoms with Crippen LogP contribution in [0.5, 0.6) is 0 Å². The summed E-state index contributed by atoms with van der Waals surface area (Å²) in [5.74, 6) is 0. The smallest absolute Gasteiger partial charge is 0.0149 e. The molecule has 0 aromatic heterocycles. The van der Waals surface area contributed by atoms with Gasteiger partial charge in [-0.25, -0.2) is 0 Å². The van der Waals surface area contributed by atoms with Gasteiger partial charge in [0, 0.05) is 5.41 Å². The molecule has 1 radical (unpaired) electrons. The Balaban J connectivity index is 1.99. The Morgan fingerprint density at radius 1 is 0.792 bits per heavy atom. The van der Waals surface area contributed by atoms with E-state index >= 15 is 0 Å². The normalized spacial score (nSPS) is 11.5. The lowest BCUT2D eigenvalue weighted by molar-refractivity contribution is 0.634. The average molecular weight is 313 g/mol. The fourth-order valence-corrected chi connectivity index (χ4v) is 3.45. The molecule has 0 bridgehead atoms. The maximum Gasteiger partial charge on any atom is 0.0149 e. The third-order valence-electron chi connectivity index (χ3n) is 5.20. The van der Waals surface area contributed by atoms with Crippen molar-refractivity contribution >= 4 is 0 Å². The fraction of sp³-hybridized carbons (Fsp3) is 0.250. The van der Waals surface area contributed by atoms with E-state index in [-0.39, 0.29) is 5.41 Å². The highest BCUT2D eigenvalue weighted by atomic mass is 14.3. The Kier molecular flexibility index (Phi) is 4.57. The first-order chi connectivity index (χ1) is 11.5. The number of rotatable bonds is 4. The minimum atomic E-state index is -0.0160. The molecule has 0 N–H and O–H groups in total. The second kappa shape index (κ2) is 6.65. The van der Waals surface area contributed by atoms with Crippen LogP contribution in [0.4, 0.5) is 0 Å². The Labute approximate surface area is 146 Å². The Hall–Kier alpha value is -2.34. The first-order valence-electron chi connectivity index (χ1n) is 8.61. The van der Waals surface area contributed by atoms with Crippen LogP contribution in [0.15, 0.2) is 66.7 Å². The van der Waals surface area contributed by atoms with E-state index in [1.54, 1.807) is 0 Å². The van der Waals surface area contributed by atoms with Crippen molar-refractivity contribution in [1.82, 2.24) is 0 Å². The van der Waals surface area contributed by atoms with Gasteiger partial charge < -0.3 is 0 Å². The molecule has 24 heavy (non-hydrogen) atoms. The van der Waals surface area contributed by atoms with Crippen LogP contribution in [0.1, 0.15) is 47.2 Å². The van der Waals surface area contributed by atoms with E-state index in [1.165, 1.54) is 33.4 Å². The van der Waals surface area contributed by atoms with Crippen LogP contribution >= 0.6 is 0 Å². The molecule has 0 atom stereocenters. The van der Waals surface area contributed by atoms with E-state index in [2.05, 4.69) is 100 Å². The van der Waals surface area contributed by atoms with E-state index in [1.807, 2.05) is 0 Å². The summed E-state index contributed by atoms with van der Waals surface area (Å²) in [6.45, 7) is 9.08. The highest BCUT2D eigenvalue weighted by Crippen LogP contribution is 2.35. The summed E-state index contributed by atoms with van der Waals surface area (Å²) in [6, 6.07) is 27.2. The molecule has 0 unspecified atom stereocenters. The zero-order chi connectivity index (χ0) is 17.2. The van der Waals surface area contributed by atoms with Crippen molar-refractivity contribution in [3.05, 3.63) is 106 Å². The van der Waals surface area contributed by atoms with Gasteiger partial charge >= 0.3 is 0 Å². The molecule has 0 spiro atoms. The highest BCUT2D eigenvalue weighted by molar-refractivity contribution is 5.48. The van der Waals surface area contributed by atoms with Gasteiger partial charge in [0.25, 0.3) is 0 Å².